The van der Waals surface area contributed by atoms with E-state index in [9.17, 15) is 0 Å². The molecular weight excluding hydrogens is 274 g/mol. The average Bonchev–Trinajstić information content (AvgIpc) is 3.05. The highest BCUT2D eigenvalue weighted by Gasteiger charge is 2.21. The number of H-pyrrole nitrogens is 1. The topological polar surface area (TPSA) is 77.1 Å². The van der Waals surface area contributed by atoms with Gasteiger partial charge in [-0.2, -0.15) is 0 Å². The Kier molecular flexibility index (Phi) is 3.10. The highest BCUT2D eigenvalue weighted by atomic mass is 32.1. The first kappa shape index (κ1) is 12.6. The zero-order chi connectivity index (χ0) is 14.1. The quantitative estimate of drug-likeness (QED) is 0.573. The highest BCUT2D eigenvalue weighted by molar-refractivity contribution is 7.71. The Balaban J connectivity index is 2.49. The molecule has 0 aliphatic rings. The van der Waals surface area contributed by atoms with Crippen molar-refractivity contribution in [2.45, 2.75) is 6.54 Å². The fraction of sp³-hybridized carbons (Fsp3) is 0.154. The second kappa shape index (κ2) is 4.92. The number of rotatable bonds is 3. The molecule has 0 aromatic carbocycles. The molecular formula is C13H11N5OS. The molecule has 3 heterocycles. The lowest BCUT2D eigenvalue weighted by Crippen LogP contribution is -2.11. The van der Waals surface area contributed by atoms with Crippen LogP contribution >= 0.6 is 12.2 Å². The summed E-state index contributed by atoms with van der Waals surface area (Å²) in [6.45, 7) is 8.41. The number of nitrogens with zero attached hydrogens (tertiary/aromatic N) is 3. The maximum absolute atomic E-state index is 7.45. The Morgan fingerprint density at radius 2 is 2.40 bits per heavy atom. The van der Waals surface area contributed by atoms with Crippen LogP contribution in [0.25, 0.3) is 27.3 Å². The molecule has 0 radical (unpaired) electrons. The second-order valence-corrected chi connectivity index (χ2v) is 4.54. The predicted octanol–water partition coefficient (Wildman–Crippen LogP) is 2.86. The summed E-state index contributed by atoms with van der Waals surface area (Å²) in [5.74, 6) is 0.614. The van der Waals surface area contributed by atoms with E-state index in [-0.39, 0.29) is 0 Å². The van der Waals surface area contributed by atoms with E-state index in [1.807, 2.05) is 10.6 Å². The Bertz CT molecular complexity index is 853. The normalized spacial score (nSPS) is 10.8. The lowest BCUT2D eigenvalue weighted by atomic mass is 10.3. The Morgan fingerprint density at radius 3 is 3.05 bits per heavy atom. The van der Waals surface area contributed by atoms with Crippen molar-refractivity contribution in [2.24, 2.45) is 5.73 Å². The summed E-state index contributed by atoms with van der Waals surface area (Å²) < 4.78 is 7.78. The molecule has 0 unspecified atom stereocenters. The van der Waals surface area contributed by atoms with Crippen LogP contribution in [0, 0.1) is 11.2 Å². The van der Waals surface area contributed by atoms with Gasteiger partial charge in [-0.15, -0.1) is 0 Å². The Labute approximate surface area is 119 Å². The van der Waals surface area contributed by atoms with Crippen LogP contribution in [-0.2, 0) is 6.54 Å². The molecule has 6 nitrogen and oxygen atoms in total. The number of aromatic nitrogens is 3. The van der Waals surface area contributed by atoms with Crippen molar-refractivity contribution >= 4 is 28.9 Å². The molecule has 7 heteroatoms. The zero-order valence-electron chi connectivity index (χ0n) is 10.5. The zero-order valence-corrected chi connectivity index (χ0v) is 11.3. The van der Waals surface area contributed by atoms with E-state index in [0.717, 1.165) is 0 Å². The molecule has 0 amide bonds. The van der Waals surface area contributed by atoms with Crippen molar-refractivity contribution in [1.82, 2.24) is 14.5 Å². The van der Waals surface area contributed by atoms with Gasteiger partial charge in [0.25, 0.3) is 0 Å². The SMILES string of the molecule is [C-]#[N+]c1c(-c2ccco2)n(CCN)c2c(=S)nc[nH]c12. The number of furan rings is 1. The van der Waals surface area contributed by atoms with Crippen LogP contribution in [0.1, 0.15) is 0 Å². The highest BCUT2D eigenvalue weighted by Crippen LogP contribution is 2.39. The number of hydrogen-bond acceptors (Lipinski definition) is 4. The second-order valence-electron chi connectivity index (χ2n) is 4.16. The molecule has 0 aliphatic carbocycles. The standard InChI is InChI=1S/C13H11N5OS/c1-15-9-10-12(13(20)17-7-16-10)18(5-4-14)11(9)8-3-2-6-19-8/h2-3,6-7H,4-5,14H2,(H,16,17,20). The molecule has 0 fully saturated rings. The summed E-state index contributed by atoms with van der Waals surface area (Å²) >= 11 is 5.28. The van der Waals surface area contributed by atoms with Crippen LogP contribution in [0.15, 0.2) is 29.1 Å². The number of aromatic amines is 1. The maximum atomic E-state index is 7.45. The van der Waals surface area contributed by atoms with E-state index in [1.54, 1.807) is 12.3 Å². The average molecular weight is 285 g/mol. The number of nitrogens with one attached hydrogen (secondary N) is 1. The van der Waals surface area contributed by atoms with Crippen molar-refractivity contribution < 1.29 is 4.42 Å². The minimum Gasteiger partial charge on any atom is -0.464 e. The smallest absolute Gasteiger partial charge is 0.238 e. The molecule has 0 bridgehead atoms. The molecule has 3 N–H and O–H groups in total. The van der Waals surface area contributed by atoms with E-state index in [4.69, 9.17) is 28.9 Å². The van der Waals surface area contributed by atoms with Crippen LogP contribution in [0.2, 0.25) is 0 Å². The molecule has 0 spiro atoms. The van der Waals surface area contributed by atoms with Crippen LogP contribution in [0.4, 0.5) is 5.69 Å². The maximum Gasteiger partial charge on any atom is 0.238 e. The number of hydrogen-bond donors (Lipinski definition) is 2. The van der Waals surface area contributed by atoms with Gasteiger partial charge in [0.05, 0.1) is 35.9 Å². The van der Waals surface area contributed by atoms with Crippen molar-refractivity contribution in [3.8, 4) is 11.5 Å². The van der Waals surface area contributed by atoms with Gasteiger partial charge >= 0.3 is 0 Å². The minimum absolute atomic E-state index is 0.429. The van der Waals surface area contributed by atoms with E-state index in [0.29, 0.717) is 45.9 Å². The van der Waals surface area contributed by atoms with E-state index >= 15 is 0 Å². The molecule has 0 saturated heterocycles. The molecule has 3 aromatic rings. The number of fused-ring (bicyclic) bond motifs is 1. The summed E-state index contributed by atoms with van der Waals surface area (Å²) in [5, 5.41) is 0. The Hall–Kier alpha value is -2.43. The van der Waals surface area contributed by atoms with Gasteiger partial charge in [0.1, 0.15) is 5.76 Å². The molecule has 0 atom stereocenters. The number of nitrogens with two attached hydrogens (primary N) is 1. The summed E-state index contributed by atoms with van der Waals surface area (Å²) in [7, 11) is 0. The summed E-state index contributed by atoms with van der Waals surface area (Å²) in [4.78, 5) is 10.7. The van der Waals surface area contributed by atoms with Gasteiger partial charge in [-0.05, 0) is 12.1 Å². The van der Waals surface area contributed by atoms with Crippen molar-refractivity contribution in [3.63, 3.8) is 0 Å². The molecule has 0 aliphatic heterocycles. The van der Waals surface area contributed by atoms with Crippen LogP contribution in [0.3, 0.4) is 0 Å². The third-order valence-electron chi connectivity index (χ3n) is 3.05. The molecule has 100 valence electrons. The van der Waals surface area contributed by atoms with Gasteiger partial charge < -0.3 is 19.7 Å². The molecule has 0 saturated carbocycles. The van der Waals surface area contributed by atoms with Gasteiger partial charge in [0.15, 0.2) is 4.64 Å². The Morgan fingerprint density at radius 1 is 1.55 bits per heavy atom. The van der Waals surface area contributed by atoms with E-state index < -0.39 is 0 Å². The first-order valence-corrected chi connectivity index (χ1v) is 6.40. The van der Waals surface area contributed by atoms with Crippen LogP contribution in [0.5, 0.6) is 0 Å². The molecule has 3 aromatic heterocycles. The van der Waals surface area contributed by atoms with E-state index in [2.05, 4.69) is 14.8 Å². The van der Waals surface area contributed by atoms with Gasteiger partial charge in [0, 0.05) is 13.1 Å². The summed E-state index contributed by atoms with van der Waals surface area (Å²) in [6.07, 6.45) is 3.07. The summed E-state index contributed by atoms with van der Waals surface area (Å²) in [6, 6.07) is 3.59. The van der Waals surface area contributed by atoms with Gasteiger partial charge in [-0.3, -0.25) is 0 Å². The fourth-order valence-electron chi connectivity index (χ4n) is 2.31. The van der Waals surface area contributed by atoms with E-state index in [1.165, 1.54) is 6.33 Å². The first-order chi connectivity index (χ1) is 9.77. The fourth-order valence-corrected chi connectivity index (χ4v) is 2.57. The van der Waals surface area contributed by atoms with Gasteiger partial charge in [0.2, 0.25) is 5.69 Å². The van der Waals surface area contributed by atoms with Gasteiger partial charge in [-0.1, -0.05) is 12.2 Å². The predicted molar refractivity (Wildman–Crippen MR) is 77.9 cm³/mol. The largest absolute Gasteiger partial charge is 0.464 e. The molecule has 20 heavy (non-hydrogen) atoms. The third-order valence-corrected chi connectivity index (χ3v) is 3.35. The lowest BCUT2D eigenvalue weighted by Gasteiger charge is -2.07. The summed E-state index contributed by atoms with van der Waals surface area (Å²) in [5.41, 5.74) is 8.21. The van der Waals surface area contributed by atoms with Gasteiger partial charge in [-0.25, -0.2) is 9.83 Å². The van der Waals surface area contributed by atoms with Crippen molar-refractivity contribution in [1.29, 1.82) is 0 Å². The van der Waals surface area contributed by atoms with Crippen molar-refractivity contribution in [2.75, 3.05) is 6.54 Å². The lowest BCUT2D eigenvalue weighted by molar-refractivity contribution is 0.574. The monoisotopic (exact) mass is 285 g/mol. The molecule has 3 rings (SSSR count). The van der Waals surface area contributed by atoms with Crippen LogP contribution in [-0.4, -0.2) is 21.1 Å². The van der Waals surface area contributed by atoms with Crippen molar-refractivity contribution in [3.05, 3.63) is 40.8 Å². The first-order valence-electron chi connectivity index (χ1n) is 5.99. The minimum atomic E-state index is 0.429. The van der Waals surface area contributed by atoms with Crippen LogP contribution < -0.4 is 5.73 Å². The third kappa shape index (κ3) is 1.74.